The number of amides is 4. The fourth-order valence-corrected chi connectivity index (χ4v) is 5.79. The van der Waals surface area contributed by atoms with Crippen LogP contribution in [-0.2, 0) is 25.7 Å². The third-order valence-corrected chi connectivity index (χ3v) is 7.48. The Bertz CT molecular complexity index is 958. The minimum Gasteiger partial charge on any atom is -0.371 e. The van der Waals surface area contributed by atoms with E-state index in [0.29, 0.717) is 13.1 Å². The quantitative estimate of drug-likeness (QED) is 0.506. The van der Waals surface area contributed by atoms with Crippen molar-refractivity contribution >= 4 is 29.3 Å². The maximum absolute atomic E-state index is 12.7. The zero-order chi connectivity index (χ0) is 22.4. The molecule has 2 aliphatic carbocycles. The second-order valence-corrected chi connectivity index (χ2v) is 9.39. The van der Waals surface area contributed by atoms with Gasteiger partial charge in [0.05, 0.1) is 17.8 Å². The van der Waals surface area contributed by atoms with Crippen LogP contribution in [0.2, 0.25) is 0 Å². The molecular formula is C24H28N4O4. The van der Waals surface area contributed by atoms with Gasteiger partial charge in [-0.05, 0) is 48.8 Å². The Morgan fingerprint density at radius 1 is 1.03 bits per heavy atom. The number of primary amides is 1. The number of allylic oxidation sites excluding steroid dienone is 2. The number of hydrogen-bond donors (Lipinski definition) is 2. The van der Waals surface area contributed by atoms with E-state index in [1.165, 1.54) is 0 Å². The van der Waals surface area contributed by atoms with Crippen LogP contribution in [-0.4, -0.2) is 48.2 Å². The first-order chi connectivity index (χ1) is 15.4. The molecule has 3 fully saturated rings. The summed E-state index contributed by atoms with van der Waals surface area (Å²) in [6, 6.07) is 7.82. The largest absolute Gasteiger partial charge is 0.371 e. The van der Waals surface area contributed by atoms with E-state index >= 15 is 0 Å². The summed E-state index contributed by atoms with van der Waals surface area (Å²) in [6.07, 6.45) is 6.73. The van der Waals surface area contributed by atoms with Gasteiger partial charge in [-0.3, -0.25) is 24.1 Å². The van der Waals surface area contributed by atoms with Gasteiger partial charge in [-0.2, -0.15) is 0 Å². The van der Waals surface area contributed by atoms with Crippen LogP contribution in [0.15, 0.2) is 36.4 Å². The second-order valence-electron chi connectivity index (χ2n) is 9.39. The summed E-state index contributed by atoms with van der Waals surface area (Å²) in [6.45, 7) is 1.61. The molecule has 8 heteroatoms. The number of hydrogen-bond acceptors (Lipinski definition) is 5. The van der Waals surface area contributed by atoms with Crippen LogP contribution in [0, 0.1) is 29.6 Å². The van der Waals surface area contributed by atoms with E-state index in [4.69, 9.17) is 5.73 Å². The van der Waals surface area contributed by atoms with E-state index in [9.17, 15) is 19.2 Å². The van der Waals surface area contributed by atoms with Crippen molar-refractivity contribution in [2.24, 2.45) is 35.3 Å². The van der Waals surface area contributed by atoms with Gasteiger partial charge in [0.2, 0.25) is 23.6 Å². The van der Waals surface area contributed by atoms with E-state index in [-0.39, 0.29) is 59.8 Å². The molecule has 5 rings (SSSR count). The van der Waals surface area contributed by atoms with Gasteiger partial charge < -0.3 is 16.0 Å². The maximum Gasteiger partial charge on any atom is 0.240 e. The van der Waals surface area contributed by atoms with Gasteiger partial charge in [0.1, 0.15) is 6.54 Å². The zero-order valence-corrected chi connectivity index (χ0v) is 17.9. The number of nitrogens with one attached hydrogen (secondary N) is 1. The van der Waals surface area contributed by atoms with Crippen molar-refractivity contribution in [1.29, 1.82) is 0 Å². The van der Waals surface area contributed by atoms with Gasteiger partial charge in [0.15, 0.2) is 0 Å². The first-order valence-electron chi connectivity index (χ1n) is 11.4. The number of carbonyl (C=O) groups is 4. The van der Waals surface area contributed by atoms with Gasteiger partial charge in [0.25, 0.3) is 0 Å². The van der Waals surface area contributed by atoms with E-state index < -0.39 is 0 Å². The molecule has 4 aliphatic rings. The highest BCUT2D eigenvalue weighted by molar-refractivity contribution is 6.08. The summed E-state index contributed by atoms with van der Waals surface area (Å²) in [7, 11) is 0. The third-order valence-electron chi connectivity index (χ3n) is 7.48. The molecule has 32 heavy (non-hydrogen) atoms. The number of carbonyl (C=O) groups excluding carboxylic acids is 4. The molecule has 2 heterocycles. The molecule has 8 nitrogen and oxygen atoms in total. The summed E-state index contributed by atoms with van der Waals surface area (Å²) in [5, 5.41) is 2.82. The molecule has 0 spiro atoms. The van der Waals surface area contributed by atoms with Crippen molar-refractivity contribution in [3.05, 3.63) is 42.0 Å². The predicted octanol–water partition coefficient (Wildman–Crippen LogP) is 0.812. The molecule has 5 atom stereocenters. The van der Waals surface area contributed by atoms with Crippen LogP contribution < -0.4 is 16.0 Å². The number of nitrogens with two attached hydrogens (primary N) is 1. The SMILES string of the molecule is NC(=O)[C@@H]1CCCN(c2ccc(CNC(=O)CN3C(=O)[C@@H]4[C@H](C3=O)[C@H]3C=C[C@H]4C3)cc2)C1. The molecular weight excluding hydrogens is 408 g/mol. The Morgan fingerprint density at radius 3 is 2.31 bits per heavy atom. The Balaban J connectivity index is 1.14. The summed E-state index contributed by atoms with van der Waals surface area (Å²) >= 11 is 0. The Hall–Kier alpha value is -3.16. The molecule has 0 aromatic heterocycles. The van der Waals surface area contributed by atoms with Gasteiger partial charge >= 0.3 is 0 Å². The Labute approximate surface area is 186 Å². The van der Waals surface area contributed by atoms with Gasteiger partial charge in [-0.1, -0.05) is 24.3 Å². The van der Waals surface area contributed by atoms with Crippen LogP contribution in [0.1, 0.15) is 24.8 Å². The highest BCUT2D eigenvalue weighted by Gasteiger charge is 2.59. The number of fused-ring (bicyclic) bond motifs is 5. The maximum atomic E-state index is 12.7. The molecule has 0 unspecified atom stereocenters. The zero-order valence-electron chi connectivity index (χ0n) is 17.9. The number of imide groups is 1. The Kier molecular flexibility index (Phi) is 5.23. The normalized spacial score (nSPS) is 30.7. The van der Waals surface area contributed by atoms with E-state index in [1.54, 1.807) is 0 Å². The monoisotopic (exact) mass is 436 g/mol. The molecule has 4 amide bonds. The number of rotatable bonds is 6. The molecule has 1 aromatic carbocycles. The van der Waals surface area contributed by atoms with E-state index in [2.05, 4.69) is 10.2 Å². The van der Waals surface area contributed by atoms with Crippen molar-refractivity contribution < 1.29 is 19.2 Å². The average Bonchev–Trinajstić information content (AvgIpc) is 3.48. The molecule has 168 valence electrons. The van der Waals surface area contributed by atoms with Crippen LogP contribution in [0.5, 0.6) is 0 Å². The van der Waals surface area contributed by atoms with Crippen molar-refractivity contribution in [3.8, 4) is 0 Å². The molecule has 0 radical (unpaired) electrons. The fraction of sp³-hybridized carbons (Fsp3) is 0.500. The van der Waals surface area contributed by atoms with Gasteiger partial charge in [-0.25, -0.2) is 0 Å². The lowest BCUT2D eigenvalue weighted by atomic mass is 9.85. The number of benzene rings is 1. The Morgan fingerprint density at radius 2 is 1.69 bits per heavy atom. The first kappa shape index (κ1) is 20.7. The minimum absolute atomic E-state index is 0.121. The van der Waals surface area contributed by atoms with E-state index in [0.717, 1.165) is 42.0 Å². The summed E-state index contributed by atoms with van der Waals surface area (Å²) in [4.78, 5) is 52.7. The van der Waals surface area contributed by atoms with Crippen LogP contribution in [0.25, 0.3) is 0 Å². The molecule has 3 N–H and O–H groups in total. The summed E-state index contributed by atoms with van der Waals surface area (Å²) in [5.74, 6) is -1.38. The topological polar surface area (TPSA) is 113 Å². The lowest BCUT2D eigenvalue weighted by Crippen LogP contribution is -2.41. The summed E-state index contributed by atoms with van der Waals surface area (Å²) < 4.78 is 0. The predicted molar refractivity (Wildman–Crippen MR) is 117 cm³/mol. The number of piperidine rings is 1. The highest BCUT2D eigenvalue weighted by atomic mass is 16.2. The van der Waals surface area contributed by atoms with E-state index in [1.807, 2.05) is 36.4 Å². The minimum atomic E-state index is -0.337. The lowest BCUT2D eigenvalue weighted by molar-refractivity contribution is -0.144. The van der Waals surface area contributed by atoms with Crippen LogP contribution in [0.3, 0.4) is 0 Å². The molecule has 1 saturated carbocycles. The molecule has 2 bridgehead atoms. The van der Waals surface area contributed by atoms with Crippen molar-refractivity contribution in [3.63, 3.8) is 0 Å². The lowest BCUT2D eigenvalue weighted by Gasteiger charge is -2.33. The summed E-state index contributed by atoms with van der Waals surface area (Å²) in [5.41, 5.74) is 7.41. The fourth-order valence-electron chi connectivity index (χ4n) is 5.79. The van der Waals surface area contributed by atoms with Gasteiger partial charge in [0, 0.05) is 25.3 Å². The second kappa shape index (κ2) is 8.07. The van der Waals surface area contributed by atoms with Crippen LogP contribution >= 0.6 is 0 Å². The third kappa shape index (κ3) is 3.57. The van der Waals surface area contributed by atoms with Crippen molar-refractivity contribution in [2.75, 3.05) is 24.5 Å². The average molecular weight is 437 g/mol. The van der Waals surface area contributed by atoms with Crippen molar-refractivity contribution in [1.82, 2.24) is 10.2 Å². The number of likely N-dealkylation sites (tertiary alicyclic amines) is 1. The molecule has 1 aromatic rings. The standard InChI is InChI=1S/C24H28N4O4/c25-22(30)17-2-1-9-27(12-17)18-7-3-14(4-8-18)11-26-19(29)13-28-23(31)20-15-5-6-16(10-15)21(20)24(28)32/h3-8,15-17,20-21H,1-2,9-13H2,(H2,25,30)(H,26,29)/t15-,16-,17+,20-,21+/m0/s1. The van der Waals surface area contributed by atoms with Crippen LogP contribution in [0.4, 0.5) is 5.69 Å². The molecule has 2 saturated heterocycles. The highest BCUT2D eigenvalue weighted by Crippen LogP contribution is 2.52. The molecule has 2 aliphatic heterocycles. The van der Waals surface area contributed by atoms with Gasteiger partial charge in [-0.15, -0.1) is 0 Å². The first-order valence-corrected chi connectivity index (χ1v) is 11.4. The smallest absolute Gasteiger partial charge is 0.240 e. The number of nitrogens with zero attached hydrogens (tertiary/aromatic N) is 2. The number of anilines is 1. The van der Waals surface area contributed by atoms with Crippen molar-refractivity contribution in [2.45, 2.75) is 25.8 Å².